The van der Waals surface area contributed by atoms with E-state index in [9.17, 15) is 13.6 Å². The molecule has 0 spiro atoms. The molecule has 4 nitrogen and oxygen atoms in total. The molecule has 0 aliphatic carbocycles. The summed E-state index contributed by atoms with van der Waals surface area (Å²) < 4.78 is 31.0. The molecule has 2 amide bonds. The van der Waals surface area contributed by atoms with E-state index in [-0.39, 0.29) is 12.0 Å². The molecule has 2 N–H and O–H groups in total. The van der Waals surface area contributed by atoms with Gasteiger partial charge in [0.2, 0.25) is 0 Å². The van der Waals surface area contributed by atoms with Crippen molar-refractivity contribution in [2.45, 2.75) is 25.4 Å². The van der Waals surface area contributed by atoms with Crippen LogP contribution in [0.5, 0.6) is 0 Å². The lowest BCUT2D eigenvalue weighted by atomic mass is 9.95. The van der Waals surface area contributed by atoms with Crippen molar-refractivity contribution in [2.75, 3.05) is 19.7 Å². The van der Waals surface area contributed by atoms with Crippen molar-refractivity contribution in [1.29, 1.82) is 0 Å². The van der Waals surface area contributed by atoms with E-state index in [4.69, 9.17) is 4.74 Å². The first-order valence-electron chi connectivity index (χ1n) is 7.02. The number of carbonyl (C=O) groups excluding carboxylic acids is 1. The minimum absolute atomic E-state index is 0.0564. The van der Waals surface area contributed by atoms with Crippen LogP contribution in [0.1, 0.15) is 25.0 Å². The highest BCUT2D eigenvalue weighted by Crippen LogP contribution is 2.33. The van der Waals surface area contributed by atoms with Gasteiger partial charge in [0.1, 0.15) is 0 Å². The zero-order valence-electron chi connectivity index (χ0n) is 11.9. The van der Waals surface area contributed by atoms with Crippen LogP contribution in [0.2, 0.25) is 0 Å². The van der Waals surface area contributed by atoms with Crippen molar-refractivity contribution < 1.29 is 18.3 Å². The first kappa shape index (κ1) is 15.7. The minimum Gasteiger partial charge on any atom is -0.373 e. The maximum atomic E-state index is 12.6. The van der Waals surface area contributed by atoms with Gasteiger partial charge in [-0.3, -0.25) is 0 Å². The number of amides is 2. The van der Waals surface area contributed by atoms with E-state index >= 15 is 0 Å². The average molecular weight is 298 g/mol. The molecule has 1 fully saturated rings. The Balaban J connectivity index is 1.81. The largest absolute Gasteiger partial charge is 0.373 e. The topological polar surface area (TPSA) is 50.4 Å². The molecule has 1 aromatic carbocycles. The van der Waals surface area contributed by atoms with Crippen LogP contribution in [-0.4, -0.2) is 31.7 Å². The maximum Gasteiger partial charge on any atom is 0.315 e. The summed E-state index contributed by atoms with van der Waals surface area (Å²) >= 11 is 0. The first-order chi connectivity index (χ1) is 9.96. The van der Waals surface area contributed by atoms with Gasteiger partial charge in [-0.15, -0.1) is 0 Å². The number of hydrogen-bond donors (Lipinski definition) is 2. The zero-order chi connectivity index (χ0) is 15.3. The zero-order valence-corrected chi connectivity index (χ0v) is 11.9. The molecule has 2 rings (SSSR count). The van der Waals surface area contributed by atoms with Gasteiger partial charge in [-0.2, -0.15) is 0 Å². The molecule has 1 aromatic rings. The third kappa shape index (κ3) is 4.97. The lowest BCUT2D eigenvalue weighted by Crippen LogP contribution is -2.43. The summed E-state index contributed by atoms with van der Waals surface area (Å²) in [6, 6.07) is 9.22. The molecule has 1 aliphatic rings. The van der Waals surface area contributed by atoms with E-state index in [1.165, 1.54) is 0 Å². The first-order valence-corrected chi connectivity index (χ1v) is 7.02. The third-order valence-electron chi connectivity index (χ3n) is 3.43. The van der Waals surface area contributed by atoms with E-state index in [1.54, 1.807) is 0 Å². The molecule has 0 radical (unpaired) electrons. The van der Waals surface area contributed by atoms with E-state index in [0.717, 1.165) is 18.9 Å². The molecule has 116 valence electrons. The molecule has 0 bridgehead atoms. The molecule has 1 aliphatic heterocycles. The predicted octanol–water partition coefficient (Wildman–Crippen LogP) is 2.72. The number of carbonyl (C=O) groups is 1. The molecular weight excluding hydrogens is 278 g/mol. The van der Waals surface area contributed by atoms with Gasteiger partial charge in [0.15, 0.2) is 0 Å². The standard InChI is InChI=1S/C15H20F2N2O2/c1-15(16,17)10-19-14(20)18-9-12-7-8-21-13(12)11-5-3-2-4-6-11/h2-6,12-13H,7-10H2,1H3,(H2,18,19,20)/t12-,13-/m0/s1. The fourth-order valence-corrected chi connectivity index (χ4v) is 2.38. The van der Waals surface area contributed by atoms with Crippen molar-refractivity contribution in [2.24, 2.45) is 5.92 Å². The van der Waals surface area contributed by atoms with Crippen molar-refractivity contribution in [3.63, 3.8) is 0 Å². The van der Waals surface area contributed by atoms with E-state index in [1.807, 2.05) is 30.3 Å². The number of rotatable bonds is 5. The van der Waals surface area contributed by atoms with Crippen LogP contribution in [0.3, 0.4) is 0 Å². The average Bonchev–Trinajstić information content (AvgIpc) is 2.91. The highest BCUT2D eigenvalue weighted by molar-refractivity contribution is 5.73. The molecule has 1 heterocycles. The number of urea groups is 1. The van der Waals surface area contributed by atoms with E-state index in [2.05, 4.69) is 10.6 Å². The quantitative estimate of drug-likeness (QED) is 0.878. The van der Waals surface area contributed by atoms with E-state index in [0.29, 0.717) is 13.2 Å². The Morgan fingerprint density at radius 2 is 2.05 bits per heavy atom. The maximum absolute atomic E-state index is 12.6. The SMILES string of the molecule is CC(F)(F)CNC(=O)NC[C@@H]1CCO[C@H]1c1ccccc1. The summed E-state index contributed by atoms with van der Waals surface area (Å²) in [4.78, 5) is 11.5. The van der Waals surface area contributed by atoms with Crippen LogP contribution in [0.25, 0.3) is 0 Å². The molecule has 0 unspecified atom stereocenters. The highest BCUT2D eigenvalue weighted by Gasteiger charge is 2.30. The van der Waals surface area contributed by atoms with Gasteiger partial charge in [-0.1, -0.05) is 30.3 Å². The van der Waals surface area contributed by atoms with Crippen LogP contribution in [-0.2, 0) is 4.74 Å². The third-order valence-corrected chi connectivity index (χ3v) is 3.43. The Labute approximate surface area is 122 Å². The van der Waals surface area contributed by atoms with Crippen LogP contribution >= 0.6 is 0 Å². The second-order valence-corrected chi connectivity index (χ2v) is 5.38. The summed E-state index contributed by atoms with van der Waals surface area (Å²) in [5, 5.41) is 4.79. The number of ether oxygens (including phenoxy) is 1. The molecule has 0 aromatic heterocycles. The molecule has 6 heteroatoms. The summed E-state index contributed by atoms with van der Waals surface area (Å²) in [6.45, 7) is 1.15. The Bertz CT molecular complexity index is 462. The molecule has 0 saturated carbocycles. The van der Waals surface area contributed by atoms with Crippen LogP contribution in [0.15, 0.2) is 30.3 Å². The molecular formula is C15H20F2N2O2. The fourth-order valence-electron chi connectivity index (χ4n) is 2.38. The molecule has 21 heavy (non-hydrogen) atoms. The highest BCUT2D eigenvalue weighted by atomic mass is 19.3. The number of hydrogen-bond acceptors (Lipinski definition) is 2. The lowest BCUT2D eigenvalue weighted by molar-refractivity contribution is 0.0252. The fraction of sp³-hybridized carbons (Fsp3) is 0.533. The smallest absolute Gasteiger partial charge is 0.315 e. The summed E-state index contributed by atoms with van der Waals surface area (Å²) in [6.07, 6.45) is 0.781. The van der Waals surface area contributed by atoms with Gasteiger partial charge in [-0.05, 0) is 12.0 Å². The number of halogens is 2. The second-order valence-electron chi connectivity index (χ2n) is 5.38. The minimum atomic E-state index is -2.90. The Morgan fingerprint density at radius 1 is 1.33 bits per heavy atom. The lowest BCUT2D eigenvalue weighted by Gasteiger charge is -2.20. The summed E-state index contributed by atoms with van der Waals surface area (Å²) in [7, 11) is 0. The second kappa shape index (κ2) is 6.85. The monoisotopic (exact) mass is 298 g/mol. The van der Waals surface area contributed by atoms with E-state index < -0.39 is 18.5 Å². The van der Waals surface area contributed by atoms with Crippen molar-refractivity contribution in [3.05, 3.63) is 35.9 Å². The summed E-state index contributed by atoms with van der Waals surface area (Å²) in [5.74, 6) is -2.75. The van der Waals surface area contributed by atoms with Gasteiger partial charge < -0.3 is 15.4 Å². The predicted molar refractivity (Wildman–Crippen MR) is 75.3 cm³/mol. The Kier molecular flexibility index (Phi) is 5.12. The van der Waals surface area contributed by atoms with Crippen molar-refractivity contribution in [3.8, 4) is 0 Å². The van der Waals surface area contributed by atoms with Gasteiger partial charge in [0.05, 0.1) is 12.6 Å². The van der Waals surface area contributed by atoms with Crippen LogP contribution in [0, 0.1) is 5.92 Å². The van der Waals surface area contributed by atoms with Crippen LogP contribution in [0.4, 0.5) is 13.6 Å². The van der Waals surface area contributed by atoms with Crippen molar-refractivity contribution in [1.82, 2.24) is 10.6 Å². The van der Waals surface area contributed by atoms with Crippen LogP contribution < -0.4 is 10.6 Å². The summed E-state index contributed by atoms with van der Waals surface area (Å²) in [5.41, 5.74) is 1.07. The van der Waals surface area contributed by atoms with Gasteiger partial charge >= 0.3 is 6.03 Å². The normalized spacial score (nSPS) is 22.0. The number of nitrogens with one attached hydrogen (secondary N) is 2. The Morgan fingerprint density at radius 3 is 2.71 bits per heavy atom. The van der Waals surface area contributed by atoms with Gasteiger partial charge in [0, 0.05) is 26.0 Å². The number of alkyl halides is 2. The van der Waals surface area contributed by atoms with Gasteiger partial charge in [0.25, 0.3) is 5.92 Å². The molecule has 1 saturated heterocycles. The van der Waals surface area contributed by atoms with Crippen molar-refractivity contribution >= 4 is 6.03 Å². The number of benzene rings is 1. The van der Waals surface area contributed by atoms with Gasteiger partial charge in [-0.25, -0.2) is 13.6 Å². The molecule has 2 atom stereocenters. The Hall–Kier alpha value is -1.69.